The van der Waals surface area contributed by atoms with E-state index in [9.17, 15) is 4.79 Å². The van der Waals surface area contributed by atoms with Crippen LogP contribution in [0.3, 0.4) is 0 Å². The van der Waals surface area contributed by atoms with E-state index >= 15 is 0 Å². The van der Waals surface area contributed by atoms with Gasteiger partial charge in [0.2, 0.25) is 0 Å². The number of hydrogen-bond acceptors (Lipinski definition) is 5. The number of nitrogen functional groups attached to an aromatic ring is 1. The molecule has 0 aliphatic carbocycles. The molecule has 0 spiro atoms. The van der Waals surface area contributed by atoms with Crippen molar-refractivity contribution in [3.05, 3.63) is 18.1 Å². The van der Waals surface area contributed by atoms with Crippen molar-refractivity contribution >= 4 is 11.7 Å². The Morgan fingerprint density at radius 2 is 2.10 bits per heavy atom. The summed E-state index contributed by atoms with van der Waals surface area (Å²) in [4.78, 5) is 22.6. The average Bonchev–Trinajstić information content (AvgIpc) is 2.72. The van der Waals surface area contributed by atoms with Gasteiger partial charge in [0.05, 0.1) is 12.4 Å². The van der Waals surface area contributed by atoms with Crippen molar-refractivity contribution in [3.63, 3.8) is 0 Å². The first-order chi connectivity index (χ1) is 9.91. The van der Waals surface area contributed by atoms with Crippen molar-refractivity contribution in [2.75, 3.05) is 18.5 Å². The molecule has 1 aromatic heterocycles. The molecule has 2 heterocycles. The molecule has 1 fully saturated rings. The van der Waals surface area contributed by atoms with Crippen LogP contribution in [0.2, 0.25) is 0 Å². The minimum atomic E-state index is -0.0610. The fourth-order valence-electron chi connectivity index (χ4n) is 2.87. The van der Waals surface area contributed by atoms with E-state index < -0.39 is 0 Å². The molecule has 1 saturated heterocycles. The highest BCUT2D eigenvalue weighted by molar-refractivity contribution is 5.92. The maximum atomic E-state index is 12.5. The summed E-state index contributed by atoms with van der Waals surface area (Å²) < 4.78 is 0. The molecule has 116 valence electrons. The smallest absolute Gasteiger partial charge is 0.274 e. The first-order valence-electron chi connectivity index (χ1n) is 7.49. The summed E-state index contributed by atoms with van der Waals surface area (Å²) >= 11 is 0. The van der Waals surface area contributed by atoms with E-state index in [1.54, 1.807) is 0 Å². The largest absolute Gasteiger partial charge is 0.337 e. The second kappa shape index (κ2) is 6.39. The predicted molar refractivity (Wildman–Crippen MR) is 82.5 cm³/mol. The molecule has 1 aliphatic rings. The van der Waals surface area contributed by atoms with Crippen molar-refractivity contribution < 1.29 is 4.79 Å². The molecule has 0 bridgehead atoms. The second-order valence-electron chi connectivity index (χ2n) is 6.72. The number of amides is 1. The number of rotatable bonds is 2. The number of nitrogens with two attached hydrogens (primary N) is 1. The SMILES string of the molecule is CC(C)(C)C1CCCN(C(=O)c2cncc(NN)n2)CC1. The average molecular weight is 291 g/mol. The second-order valence-corrected chi connectivity index (χ2v) is 6.72. The van der Waals surface area contributed by atoms with Crippen LogP contribution < -0.4 is 11.3 Å². The van der Waals surface area contributed by atoms with Crippen molar-refractivity contribution in [2.24, 2.45) is 17.2 Å². The van der Waals surface area contributed by atoms with Gasteiger partial charge in [-0.3, -0.25) is 9.78 Å². The van der Waals surface area contributed by atoms with Crippen LogP contribution in [-0.4, -0.2) is 33.9 Å². The van der Waals surface area contributed by atoms with Crippen molar-refractivity contribution in [3.8, 4) is 0 Å². The molecule has 21 heavy (non-hydrogen) atoms. The minimum absolute atomic E-state index is 0.0610. The number of nitrogens with zero attached hydrogens (tertiary/aromatic N) is 3. The zero-order chi connectivity index (χ0) is 15.5. The summed E-state index contributed by atoms with van der Waals surface area (Å²) in [7, 11) is 0. The number of aromatic nitrogens is 2. The predicted octanol–water partition coefficient (Wildman–Crippen LogP) is 2.05. The lowest BCUT2D eigenvalue weighted by atomic mass is 9.77. The first-order valence-corrected chi connectivity index (χ1v) is 7.49. The number of likely N-dealkylation sites (tertiary alicyclic amines) is 1. The van der Waals surface area contributed by atoms with Gasteiger partial charge in [0.25, 0.3) is 5.91 Å². The number of carbonyl (C=O) groups is 1. The molecule has 1 aliphatic heterocycles. The van der Waals surface area contributed by atoms with Crippen LogP contribution in [0.1, 0.15) is 50.5 Å². The van der Waals surface area contributed by atoms with Gasteiger partial charge < -0.3 is 10.3 Å². The minimum Gasteiger partial charge on any atom is -0.337 e. The highest BCUT2D eigenvalue weighted by atomic mass is 16.2. The Bertz CT molecular complexity index is 497. The number of hydrogen-bond donors (Lipinski definition) is 2. The zero-order valence-corrected chi connectivity index (χ0v) is 13.1. The molecule has 1 atom stereocenters. The number of nitrogens with one attached hydrogen (secondary N) is 1. The third-order valence-corrected chi connectivity index (χ3v) is 4.24. The van der Waals surface area contributed by atoms with Crippen LogP contribution in [0.15, 0.2) is 12.4 Å². The van der Waals surface area contributed by atoms with Crippen LogP contribution in [0.5, 0.6) is 0 Å². The van der Waals surface area contributed by atoms with Crippen molar-refractivity contribution in [1.29, 1.82) is 0 Å². The molecule has 1 unspecified atom stereocenters. The molecule has 0 saturated carbocycles. The monoisotopic (exact) mass is 291 g/mol. The fraction of sp³-hybridized carbons (Fsp3) is 0.667. The highest BCUT2D eigenvalue weighted by Gasteiger charge is 2.29. The first kappa shape index (κ1) is 15.7. The Kier molecular flexibility index (Phi) is 4.77. The summed E-state index contributed by atoms with van der Waals surface area (Å²) in [5, 5.41) is 0. The summed E-state index contributed by atoms with van der Waals surface area (Å²) in [6.45, 7) is 8.39. The molecular formula is C15H25N5O. The standard InChI is InChI=1S/C15H25N5O/c1-15(2,3)11-5-4-7-20(8-6-11)14(21)12-9-17-10-13(18-12)19-16/h9-11H,4-8,16H2,1-3H3,(H,18,19). The lowest BCUT2D eigenvalue weighted by molar-refractivity contribution is 0.0749. The van der Waals surface area contributed by atoms with E-state index in [0.717, 1.165) is 25.9 Å². The molecule has 0 aromatic carbocycles. The van der Waals surface area contributed by atoms with Crippen LogP contribution in [0, 0.1) is 11.3 Å². The van der Waals surface area contributed by atoms with Gasteiger partial charge in [-0.25, -0.2) is 10.8 Å². The van der Waals surface area contributed by atoms with E-state index in [-0.39, 0.29) is 5.91 Å². The molecule has 6 nitrogen and oxygen atoms in total. The molecule has 6 heteroatoms. The normalized spacial score (nSPS) is 20.0. The maximum absolute atomic E-state index is 12.5. The van der Waals surface area contributed by atoms with Gasteiger partial charge in [0.15, 0.2) is 5.82 Å². The van der Waals surface area contributed by atoms with E-state index in [4.69, 9.17) is 5.84 Å². The number of carbonyl (C=O) groups excluding carboxylic acids is 1. The lowest BCUT2D eigenvalue weighted by Crippen LogP contribution is -2.33. The summed E-state index contributed by atoms with van der Waals surface area (Å²) in [6, 6.07) is 0. The van der Waals surface area contributed by atoms with Crippen LogP contribution >= 0.6 is 0 Å². The molecule has 0 radical (unpaired) electrons. The van der Waals surface area contributed by atoms with E-state index in [1.807, 2.05) is 4.90 Å². The van der Waals surface area contributed by atoms with Crippen molar-refractivity contribution in [2.45, 2.75) is 40.0 Å². The molecule has 2 rings (SSSR count). The maximum Gasteiger partial charge on any atom is 0.274 e. The number of hydrazine groups is 1. The van der Waals surface area contributed by atoms with E-state index in [2.05, 4.69) is 36.2 Å². The van der Waals surface area contributed by atoms with Gasteiger partial charge >= 0.3 is 0 Å². The van der Waals surface area contributed by atoms with Gasteiger partial charge in [-0.05, 0) is 30.6 Å². The topological polar surface area (TPSA) is 84.1 Å². The van der Waals surface area contributed by atoms with Crippen LogP contribution in [0.25, 0.3) is 0 Å². The van der Waals surface area contributed by atoms with E-state index in [1.165, 1.54) is 18.8 Å². The lowest BCUT2D eigenvalue weighted by Gasteiger charge is -2.29. The van der Waals surface area contributed by atoms with Gasteiger partial charge in [0, 0.05) is 13.1 Å². The number of anilines is 1. The van der Waals surface area contributed by atoms with Gasteiger partial charge in [-0.1, -0.05) is 20.8 Å². The summed E-state index contributed by atoms with van der Waals surface area (Å²) in [5.41, 5.74) is 3.06. The third kappa shape index (κ3) is 3.91. The summed E-state index contributed by atoms with van der Waals surface area (Å²) in [5.74, 6) is 6.31. The highest BCUT2D eigenvalue weighted by Crippen LogP contribution is 2.34. The Morgan fingerprint density at radius 1 is 1.33 bits per heavy atom. The Balaban J connectivity index is 2.06. The van der Waals surface area contributed by atoms with Crippen LogP contribution in [0.4, 0.5) is 5.82 Å². The fourth-order valence-corrected chi connectivity index (χ4v) is 2.87. The third-order valence-electron chi connectivity index (χ3n) is 4.24. The quantitative estimate of drug-likeness (QED) is 0.643. The van der Waals surface area contributed by atoms with E-state index in [0.29, 0.717) is 22.8 Å². The molecule has 1 amide bonds. The Labute approximate surface area is 126 Å². The van der Waals surface area contributed by atoms with Gasteiger partial charge in [-0.2, -0.15) is 0 Å². The van der Waals surface area contributed by atoms with Gasteiger partial charge in [0.1, 0.15) is 5.69 Å². The molecule has 1 aromatic rings. The molecular weight excluding hydrogens is 266 g/mol. The zero-order valence-electron chi connectivity index (χ0n) is 13.1. The van der Waals surface area contributed by atoms with Crippen LogP contribution in [-0.2, 0) is 0 Å². The molecule has 3 N–H and O–H groups in total. The Morgan fingerprint density at radius 3 is 2.76 bits per heavy atom. The van der Waals surface area contributed by atoms with Gasteiger partial charge in [-0.15, -0.1) is 0 Å². The van der Waals surface area contributed by atoms with Crippen molar-refractivity contribution in [1.82, 2.24) is 14.9 Å². The Hall–Kier alpha value is -1.69. The summed E-state index contributed by atoms with van der Waals surface area (Å²) in [6.07, 6.45) is 6.24.